The summed E-state index contributed by atoms with van der Waals surface area (Å²) in [4.78, 5) is 2.36. The summed E-state index contributed by atoms with van der Waals surface area (Å²) < 4.78 is 17.2. The molecule has 0 N–H and O–H groups in total. The van der Waals surface area contributed by atoms with E-state index in [-0.39, 0.29) is 12.4 Å². The molecule has 3 aromatic rings. The summed E-state index contributed by atoms with van der Waals surface area (Å²) in [5.74, 6) is 2.42. The number of benzene rings is 3. The van der Waals surface area contributed by atoms with E-state index in [0.29, 0.717) is 6.61 Å². The number of allylic oxidation sites excluding steroid dienone is 1. The molecule has 4 rings (SSSR count). The summed E-state index contributed by atoms with van der Waals surface area (Å²) in [6, 6.07) is 23.3. The fourth-order valence-electron chi connectivity index (χ4n) is 4.51. The minimum Gasteiger partial charge on any atom is -0.493 e. The molecular formula is C29H34ClNO3. The second-order valence-electron chi connectivity index (χ2n) is 8.16. The number of hydrogen-bond acceptors (Lipinski definition) is 4. The lowest BCUT2D eigenvalue weighted by Gasteiger charge is -2.18. The number of methoxy groups -OCH3 is 2. The van der Waals surface area contributed by atoms with Gasteiger partial charge in [-0.15, -0.1) is 12.4 Å². The van der Waals surface area contributed by atoms with Gasteiger partial charge in [-0.2, -0.15) is 0 Å². The molecule has 0 unspecified atom stereocenters. The van der Waals surface area contributed by atoms with Gasteiger partial charge in [0.15, 0.2) is 11.5 Å². The number of ether oxygens (including phenoxy) is 3. The van der Waals surface area contributed by atoms with Crippen molar-refractivity contribution in [2.75, 3.05) is 40.5 Å². The molecule has 5 heteroatoms. The van der Waals surface area contributed by atoms with Crippen LogP contribution in [0.3, 0.4) is 0 Å². The molecule has 4 nitrogen and oxygen atoms in total. The molecule has 0 aromatic heterocycles. The fraction of sp³-hybridized carbons (Fsp3) is 0.310. The highest BCUT2D eigenvalue weighted by Crippen LogP contribution is 2.46. The number of nitrogens with zero attached hydrogens (tertiary/aromatic N) is 1. The van der Waals surface area contributed by atoms with E-state index in [9.17, 15) is 0 Å². The van der Waals surface area contributed by atoms with Crippen molar-refractivity contribution in [2.45, 2.75) is 20.3 Å². The quantitative estimate of drug-likeness (QED) is 0.338. The first-order chi connectivity index (χ1) is 16.2. The smallest absolute Gasteiger partial charge is 0.161 e. The van der Waals surface area contributed by atoms with Crippen LogP contribution < -0.4 is 14.2 Å². The Kier molecular flexibility index (Phi) is 9.03. The third kappa shape index (κ3) is 5.40. The molecule has 0 aliphatic heterocycles. The summed E-state index contributed by atoms with van der Waals surface area (Å²) >= 11 is 0. The third-order valence-electron chi connectivity index (χ3n) is 6.38. The lowest BCUT2D eigenvalue weighted by atomic mass is 9.94. The molecule has 34 heavy (non-hydrogen) atoms. The van der Waals surface area contributed by atoms with Crippen LogP contribution >= 0.6 is 12.4 Å². The first kappa shape index (κ1) is 25.7. The van der Waals surface area contributed by atoms with E-state index < -0.39 is 0 Å². The maximum atomic E-state index is 6.01. The Morgan fingerprint density at radius 2 is 1.44 bits per heavy atom. The van der Waals surface area contributed by atoms with Crippen molar-refractivity contribution in [1.82, 2.24) is 4.90 Å². The van der Waals surface area contributed by atoms with Crippen LogP contribution in [-0.2, 0) is 6.42 Å². The summed E-state index contributed by atoms with van der Waals surface area (Å²) in [6.45, 7) is 8.08. The minimum absolute atomic E-state index is 0. The number of halogens is 1. The van der Waals surface area contributed by atoms with E-state index in [4.69, 9.17) is 14.2 Å². The summed E-state index contributed by atoms with van der Waals surface area (Å²) in [5.41, 5.74) is 7.42. The second kappa shape index (κ2) is 12.0. The van der Waals surface area contributed by atoms with Gasteiger partial charge < -0.3 is 19.1 Å². The zero-order valence-corrected chi connectivity index (χ0v) is 21.3. The van der Waals surface area contributed by atoms with Crippen molar-refractivity contribution in [2.24, 2.45) is 0 Å². The molecule has 0 saturated carbocycles. The molecule has 1 aliphatic rings. The second-order valence-corrected chi connectivity index (χ2v) is 8.16. The monoisotopic (exact) mass is 479 g/mol. The van der Waals surface area contributed by atoms with E-state index in [1.165, 1.54) is 33.4 Å². The van der Waals surface area contributed by atoms with Crippen LogP contribution in [0.5, 0.6) is 17.2 Å². The van der Waals surface area contributed by atoms with Gasteiger partial charge in [0, 0.05) is 6.54 Å². The van der Waals surface area contributed by atoms with Crippen molar-refractivity contribution in [1.29, 1.82) is 0 Å². The maximum absolute atomic E-state index is 6.01. The van der Waals surface area contributed by atoms with Crippen LogP contribution in [-0.4, -0.2) is 45.4 Å². The minimum atomic E-state index is 0. The van der Waals surface area contributed by atoms with E-state index in [2.05, 4.69) is 85.5 Å². The van der Waals surface area contributed by atoms with Gasteiger partial charge in [-0.3, -0.25) is 0 Å². The van der Waals surface area contributed by atoms with Gasteiger partial charge >= 0.3 is 0 Å². The Balaban J connectivity index is 0.00000324. The summed E-state index contributed by atoms with van der Waals surface area (Å²) in [7, 11) is 3.37. The Hall–Kier alpha value is -2.95. The standard InChI is InChI=1S/C29H33NO3.ClH/c1-5-30(6-2)16-17-33-24-14-12-22(13-15-24)29-25(21-10-8-7-9-11-21)18-23-19-27(31-3)28(32-4)20-26(23)29;/h7-15,19-20H,5-6,16-18H2,1-4H3;1H. The average Bonchev–Trinajstić information content (AvgIpc) is 3.25. The molecule has 0 radical (unpaired) electrons. The summed E-state index contributed by atoms with van der Waals surface area (Å²) in [6.07, 6.45) is 0.858. The molecule has 1 aliphatic carbocycles. The third-order valence-corrected chi connectivity index (χ3v) is 6.38. The largest absolute Gasteiger partial charge is 0.493 e. The number of hydrogen-bond donors (Lipinski definition) is 0. The Morgan fingerprint density at radius 1 is 0.794 bits per heavy atom. The van der Waals surface area contributed by atoms with Gasteiger partial charge in [0.05, 0.1) is 14.2 Å². The molecular weight excluding hydrogens is 446 g/mol. The molecule has 0 fully saturated rings. The first-order valence-corrected chi connectivity index (χ1v) is 11.7. The average molecular weight is 480 g/mol. The SMILES string of the molecule is CCN(CC)CCOc1ccc(C2=C(c3ccccc3)Cc3cc(OC)c(OC)cc32)cc1.Cl. The highest BCUT2D eigenvalue weighted by Gasteiger charge is 2.26. The van der Waals surface area contributed by atoms with Crippen LogP contribution in [0, 0.1) is 0 Å². The van der Waals surface area contributed by atoms with Crippen LogP contribution in [0.1, 0.15) is 36.1 Å². The fourth-order valence-corrected chi connectivity index (χ4v) is 4.51. The van der Waals surface area contributed by atoms with Crippen LogP contribution in [0.4, 0.5) is 0 Å². The van der Waals surface area contributed by atoms with Crippen molar-refractivity contribution in [3.8, 4) is 17.2 Å². The Morgan fingerprint density at radius 3 is 2.06 bits per heavy atom. The number of fused-ring (bicyclic) bond motifs is 1. The Labute approximate surface area is 209 Å². The van der Waals surface area contributed by atoms with Crippen molar-refractivity contribution >= 4 is 23.6 Å². The van der Waals surface area contributed by atoms with E-state index in [0.717, 1.165) is 43.3 Å². The predicted octanol–water partition coefficient (Wildman–Crippen LogP) is 6.36. The normalized spacial score (nSPS) is 12.4. The van der Waals surface area contributed by atoms with Gasteiger partial charge in [0.1, 0.15) is 12.4 Å². The van der Waals surface area contributed by atoms with Crippen LogP contribution in [0.15, 0.2) is 66.7 Å². The molecule has 0 atom stereocenters. The lowest BCUT2D eigenvalue weighted by Crippen LogP contribution is -2.27. The Bertz CT molecular complexity index is 1110. The van der Waals surface area contributed by atoms with E-state index in [1.807, 2.05) is 0 Å². The zero-order chi connectivity index (χ0) is 23.2. The van der Waals surface area contributed by atoms with Crippen molar-refractivity contribution < 1.29 is 14.2 Å². The lowest BCUT2D eigenvalue weighted by molar-refractivity contribution is 0.223. The zero-order valence-electron chi connectivity index (χ0n) is 20.5. The van der Waals surface area contributed by atoms with Gasteiger partial charge in [0.2, 0.25) is 0 Å². The highest BCUT2D eigenvalue weighted by molar-refractivity contribution is 6.04. The maximum Gasteiger partial charge on any atom is 0.161 e. The molecule has 3 aromatic carbocycles. The van der Waals surface area contributed by atoms with Gasteiger partial charge in [-0.25, -0.2) is 0 Å². The molecule has 0 heterocycles. The molecule has 0 amide bonds. The van der Waals surface area contributed by atoms with E-state index >= 15 is 0 Å². The highest BCUT2D eigenvalue weighted by atomic mass is 35.5. The summed E-state index contributed by atoms with van der Waals surface area (Å²) in [5, 5.41) is 0. The molecule has 180 valence electrons. The van der Waals surface area contributed by atoms with Crippen molar-refractivity contribution in [3.05, 3.63) is 89.0 Å². The molecule has 0 spiro atoms. The number of likely N-dealkylation sites (N-methyl/N-ethyl adjacent to an activating group) is 1. The predicted molar refractivity (Wildman–Crippen MR) is 143 cm³/mol. The van der Waals surface area contributed by atoms with Gasteiger partial charge in [0.25, 0.3) is 0 Å². The van der Waals surface area contributed by atoms with Crippen LogP contribution in [0.2, 0.25) is 0 Å². The topological polar surface area (TPSA) is 30.9 Å². The van der Waals surface area contributed by atoms with Gasteiger partial charge in [-0.1, -0.05) is 56.3 Å². The molecule has 0 saturated heterocycles. The van der Waals surface area contributed by atoms with Crippen molar-refractivity contribution in [3.63, 3.8) is 0 Å². The molecule has 0 bridgehead atoms. The van der Waals surface area contributed by atoms with Gasteiger partial charge in [-0.05, 0) is 77.2 Å². The van der Waals surface area contributed by atoms with E-state index in [1.54, 1.807) is 14.2 Å². The van der Waals surface area contributed by atoms with Crippen LogP contribution in [0.25, 0.3) is 11.1 Å². The number of rotatable bonds is 10. The first-order valence-electron chi connectivity index (χ1n) is 11.7.